The van der Waals surface area contributed by atoms with Crippen molar-refractivity contribution in [1.29, 1.82) is 0 Å². The van der Waals surface area contributed by atoms with Crippen LogP contribution in [0.1, 0.15) is 21.1 Å². The highest BCUT2D eigenvalue weighted by molar-refractivity contribution is 7.89. The van der Waals surface area contributed by atoms with Gasteiger partial charge in [-0.3, -0.25) is 4.79 Å². The van der Waals surface area contributed by atoms with E-state index < -0.39 is 15.9 Å². The summed E-state index contributed by atoms with van der Waals surface area (Å²) in [6.07, 6.45) is 1.14. The summed E-state index contributed by atoms with van der Waals surface area (Å²) in [6, 6.07) is 6.28. The van der Waals surface area contributed by atoms with E-state index >= 15 is 0 Å². The van der Waals surface area contributed by atoms with Gasteiger partial charge >= 0.3 is 0 Å². The molecule has 0 fully saturated rings. The number of nitrogens with one attached hydrogen (secondary N) is 1. The maximum absolute atomic E-state index is 13.5. The number of halogens is 1. The highest BCUT2D eigenvalue weighted by Crippen LogP contribution is 2.17. The third-order valence-corrected chi connectivity index (χ3v) is 3.77. The van der Waals surface area contributed by atoms with Gasteiger partial charge in [0.2, 0.25) is 10.0 Å². The zero-order chi connectivity index (χ0) is 14.8. The number of aromatic nitrogens is 1. The minimum atomic E-state index is -3.62. The van der Waals surface area contributed by atoms with Crippen LogP contribution in [0.4, 0.5) is 4.39 Å². The number of benzene rings is 1. The van der Waals surface area contributed by atoms with Gasteiger partial charge in [-0.2, -0.15) is 0 Å². The molecule has 0 bridgehead atoms. The molecule has 1 N–H and O–H groups in total. The van der Waals surface area contributed by atoms with Crippen LogP contribution in [-0.2, 0) is 16.4 Å². The third-order valence-electron chi connectivity index (χ3n) is 2.36. The molecule has 2 aromatic rings. The average molecular weight is 314 g/mol. The van der Waals surface area contributed by atoms with Gasteiger partial charge in [0.15, 0.2) is 0 Å². The first-order valence-electron chi connectivity index (χ1n) is 5.55. The normalized spacial score (nSPS) is 11.3. The van der Waals surface area contributed by atoms with Gasteiger partial charge in [0.05, 0.1) is 11.3 Å². The molecule has 106 valence electrons. The van der Waals surface area contributed by atoms with Crippen LogP contribution in [0.25, 0.3) is 0 Å². The van der Waals surface area contributed by atoms with Crippen LogP contribution in [0.5, 0.6) is 0 Å². The van der Waals surface area contributed by atoms with Gasteiger partial charge in [-0.1, -0.05) is 18.2 Å². The lowest BCUT2D eigenvalue weighted by atomic mass is 10.1. The Balaban J connectivity index is 2.14. The molecule has 0 spiro atoms. The summed E-state index contributed by atoms with van der Waals surface area (Å²) < 4.78 is 37.2. The molecule has 0 aliphatic rings. The maximum atomic E-state index is 13.5. The highest BCUT2D eigenvalue weighted by Gasteiger charge is 2.15. The maximum Gasteiger partial charge on any atom is 0.284 e. The van der Waals surface area contributed by atoms with E-state index in [1.54, 1.807) is 18.2 Å². The number of sulfonamides is 1. The fraction of sp³-hybridized carbons (Fsp3) is 0.167. The van der Waals surface area contributed by atoms with Crippen molar-refractivity contribution in [3.05, 3.63) is 51.7 Å². The second-order valence-corrected chi connectivity index (χ2v) is 6.79. The van der Waals surface area contributed by atoms with E-state index in [1.807, 2.05) is 4.72 Å². The van der Waals surface area contributed by atoms with Crippen molar-refractivity contribution < 1.29 is 17.6 Å². The van der Waals surface area contributed by atoms with Gasteiger partial charge in [0.25, 0.3) is 5.91 Å². The molecule has 0 aliphatic carbocycles. The predicted octanol–water partition coefficient (Wildman–Crippen LogP) is 1.56. The first-order chi connectivity index (χ1) is 9.35. The number of hydrogen-bond donors (Lipinski definition) is 1. The fourth-order valence-corrected chi connectivity index (χ4v) is 2.76. The molecule has 20 heavy (non-hydrogen) atoms. The molecule has 0 radical (unpaired) electrons. The number of thiazole rings is 1. The number of amides is 1. The van der Waals surface area contributed by atoms with Gasteiger partial charge in [0.1, 0.15) is 11.5 Å². The molecule has 0 unspecified atom stereocenters. The largest absolute Gasteiger partial charge is 0.284 e. The number of carbonyl (C=O) groups is 1. The lowest BCUT2D eigenvalue weighted by Gasteiger charge is -2.00. The summed E-state index contributed by atoms with van der Waals surface area (Å²) >= 11 is 1.17. The number of nitrogens with zero attached hydrogens (tertiary/aromatic N) is 1. The Morgan fingerprint density at radius 1 is 1.40 bits per heavy atom. The predicted molar refractivity (Wildman–Crippen MR) is 73.6 cm³/mol. The summed E-state index contributed by atoms with van der Waals surface area (Å²) in [5.41, 5.74) is 0.476. The van der Waals surface area contributed by atoms with Crippen LogP contribution in [-0.4, -0.2) is 25.6 Å². The molecular formula is C12H11FN2O3S2. The van der Waals surface area contributed by atoms with Crippen molar-refractivity contribution in [2.24, 2.45) is 0 Å². The van der Waals surface area contributed by atoms with E-state index in [0.717, 1.165) is 6.26 Å². The van der Waals surface area contributed by atoms with Gasteiger partial charge in [-0.15, -0.1) is 11.3 Å². The summed E-state index contributed by atoms with van der Waals surface area (Å²) in [5, 5.41) is 1.98. The molecule has 0 aliphatic heterocycles. The van der Waals surface area contributed by atoms with Gasteiger partial charge < -0.3 is 0 Å². The van der Waals surface area contributed by atoms with Crippen molar-refractivity contribution in [1.82, 2.24) is 9.71 Å². The molecule has 0 atom stereocenters. The molecule has 1 heterocycles. The van der Waals surface area contributed by atoms with Crippen LogP contribution < -0.4 is 4.72 Å². The topological polar surface area (TPSA) is 76.1 Å². The van der Waals surface area contributed by atoms with E-state index in [-0.39, 0.29) is 17.9 Å². The first-order valence-corrected chi connectivity index (χ1v) is 8.32. The Kier molecular flexibility index (Phi) is 4.15. The van der Waals surface area contributed by atoms with E-state index in [0.29, 0.717) is 10.6 Å². The highest BCUT2D eigenvalue weighted by atomic mass is 32.2. The summed E-state index contributed by atoms with van der Waals surface area (Å²) in [4.78, 5) is 15.6. The molecule has 1 aromatic carbocycles. The lowest BCUT2D eigenvalue weighted by molar-refractivity contribution is 0.0977. The number of carbonyl (C=O) groups excluding carboxylic acids is 1. The molecule has 1 amide bonds. The quantitative estimate of drug-likeness (QED) is 0.929. The monoisotopic (exact) mass is 314 g/mol. The second-order valence-electron chi connectivity index (χ2n) is 4.10. The average Bonchev–Trinajstić information content (AvgIpc) is 2.79. The molecule has 8 heteroatoms. The fourth-order valence-electron chi connectivity index (χ4n) is 1.52. The molecule has 1 aromatic heterocycles. The minimum Gasteiger partial charge on any atom is -0.266 e. The summed E-state index contributed by atoms with van der Waals surface area (Å²) in [6.45, 7) is 0. The van der Waals surface area contributed by atoms with Crippen molar-refractivity contribution in [2.45, 2.75) is 6.42 Å². The number of hydrogen-bond acceptors (Lipinski definition) is 5. The Hall–Kier alpha value is -1.80. The lowest BCUT2D eigenvalue weighted by Crippen LogP contribution is -2.29. The SMILES string of the molecule is CS(=O)(=O)NC(=O)c1csc(Cc2ccccc2F)n1. The molecule has 0 saturated heterocycles. The Bertz CT molecular complexity index is 741. The molecule has 2 rings (SSSR count). The zero-order valence-corrected chi connectivity index (χ0v) is 12.1. The van der Waals surface area contributed by atoms with Crippen molar-refractivity contribution in [3.8, 4) is 0 Å². The standard InChI is InChI=1S/C12H11FN2O3S2/c1-20(17,18)15-12(16)10-7-19-11(14-10)6-8-4-2-3-5-9(8)13/h2-5,7H,6H2,1H3,(H,15,16). The Labute approximate surface area is 119 Å². The minimum absolute atomic E-state index is 0.00626. The van der Waals surface area contributed by atoms with E-state index in [1.165, 1.54) is 22.8 Å². The molecule has 5 nitrogen and oxygen atoms in total. The van der Waals surface area contributed by atoms with Crippen molar-refractivity contribution in [3.63, 3.8) is 0 Å². The third kappa shape index (κ3) is 3.84. The Morgan fingerprint density at radius 2 is 2.10 bits per heavy atom. The van der Waals surface area contributed by atoms with E-state index in [2.05, 4.69) is 4.98 Å². The molecule has 0 saturated carbocycles. The smallest absolute Gasteiger partial charge is 0.266 e. The van der Waals surface area contributed by atoms with E-state index in [4.69, 9.17) is 0 Å². The Morgan fingerprint density at radius 3 is 2.75 bits per heavy atom. The zero-order valence-electron chi connectivity index (χ0n) is 10.5. The summed E-state index contributed by atoms with van der Waals surface area (Å²) in [5.74, 6) is -1.13. The first kappa shape index (κ1) is 14.6. The van der Waals surface area contributed by atoms with Gasteiger partial charge in [-0.05, 0) is 11.6 Å². The van der Waals surface area contributed by atoms with Gasteiger partial charge in [-0.25, -0.2) is 22.5 Å². The van der Waals surface area contributed by atoms with Crippen molar-refractivity contribution >= 4 is 27.3 Å². The molecular weight excluding hydrogens is 303 g/mol. The van der Waals surface area contributed by atoms with E-state index in [9.17, 15) is 17.6 Å². The van der Waals surface area contributed by atoms with Crippen LogP contribution in [0.3, 0.4) is 0 Å². The van der Waals surface area contributed by atoms with Crippen LogP contribution >= 0.6 is 11.3 Å². The number of rotatable bonds is 4. The van der Waals surface area contributed by atoms with Crippen LogP contribution in [0, 0.1) is 5.82 Å². The van der Waals surface area contributed by atoms with Crippen LogP contribution in [0.2, 0.25) is 0 Å². The van der Waals surface area contributed by atoms with Crippen molar-refractivity contribution in [2.75, 3.05) is 6.26 Å². The second kappa shape index (κ2) is 5.68. The van der Waals surface area contributed by atoms with Gasteiger partial charge in [0, 0.05) is 11.8 Å². The summed E-state index contributed by atoms with van der Waals surface area (Å²) in [7, 11) is -3.62. The van der Waals surface area contributed by atoms with Crippen LogP contribution in [0.15, 0.2) is 29.6 Å².